The number of nitrogens with zero attached hydrogens (tertiary/aromatic N) is 1. The zero-order chi connectivity index (χ0) is 11.9. The van der Waals surface area contributed by atoms with Crippen molar-refractivity contribution in [2.24, 2.45) is 0 Å². The number of piperazine rings is 1. The maximum Gasteiger partial charge on any atom is 0.219 e. The minimum absolute atomic E-state index is 0.181. The summed E-state index contributed by atoms with van der Waals surface area (Å²) in [6.45, 7) is 5.33. The van der Waals surface area contributed by atoms with Crippen LogP contribution in [0.5, 0.6) is 0 Å². The largest absolute Gasteiger partial charge is 0.314 e. The van der Waals surface area contributed by atoms with Crippen LogP contribution in [0.15, 0.2) is 30.3 Å². The van der Waals surface area contributed by atoms with E-state index < -0.39 is 0 Å². The summed E-state index contributed by atoms with van der Waals surface area (Å²) in [5, 5.41) is 3.51. The number of benzene rings is 1. The molecular weight excluding hydrogens is 232 g/mol. The third-order valence-electron chi connectivity index (χ3n) is 2.86. The van der Waals surface area contributed by atoms with E-state index in [-0.39, 0.29) is 5.12 Å². The second-order valence-electron chi connectivity index (χ2n) is 4.09. The van der Waals surface area contributed by atoms with Crippen LogP contribution in [-0.4, -0.2) is 48.5 Å². The Morgan fingerprint density at radius 1 is 1.24 bits per heavy atom. The SMILES string of the molecule is O=C(SCCN1CCNCC1)c1ccccc1. The van der Waals surface area contributed by atoms with Gasteiger partial charge in [0.1, 0.15) is 0 Å². The minimum Gasteiger partial charge on any atom is -0.314 e. The molecule has 0 aromatic heterocycles. The van der Waals surface area contributed by atoms with Crippen molar-refractivity contribution in [3.63, 3.8) is 0 Å². The van der Waals surface area contributed by atoms with Crippen molar-refractivity contribution in [1.82, 2.24) is 10.2 Å². The topological polar surface area (TPSA) is 32.3 Å². The average Bonchev–Trinajstić information content (AvgIpc) is 2.41. The maximum atomic E-state index is 11.8. The first-order valence-corrected chi connectivity index (χ1v) is 7.00. The summed E-state index contributed by atoms with van der Waals surface area (Å²) in [5.41, 5.74) is 0.804. The fourth-order valence-corrected chi connectivity index (χ4v) is 2.70. The fraction of sp³-hybridized carbons (Fsp3) is 0.462. The van der Waals surface area contributed by atoms with Crippen LogP contribution < -0.4 is 5.32 Å². The highest BCUT2D eigenvalue weighted by Crippen LogP contribution is 2.12. The normalized spacial score (nSPS) is 16.9. The van der Waals surface area contributed by atoms with Gasteiger partial charge in [0.25, 0.3) is 0 Å². The van der Waals surface area contributed by atoms with Crippen molar-refractivity contribution in [2.45, 2.75) is 0 Å². The summed E-state index contributed by atoms with van der Waals surface area (Å²) in [6.07, 6.45) is 0. The molecule has 2 rings (SSSR count). The Hall–Kier alpha value is -0.840. The van der Waals surface area contributed by atoms with Gasteiger partial charge < -0.3 is 5.32 Å². The Morgan fingerprint density at radius 2 is 1.94 bits per heavy atom. The van der Waals surface area contributed by atoms with Gasteiger partial charge in [-0.25, -0.2) is 0 Å². The van der Waals surface area contributed by atoms with E-state index in [2.05, 4.69) is 10.2 Å². The van der Waals surface area contributed by atoms with Gasteiger partial charge >= 0.3 is 0 Å². The van der Waals surface area contributed by atoms with Crippen molar-refractivity contribution >= 4 is 16.9 Å². The van der Waals surface area contributed by atoms with Crippen LogP contribution >= 0.6 is 11.8 Å². The monoisotopic (exact) mass is 250 g/mol. The molecule has 1 heterocycles. The predicted molar refractivity (Wildman–Crippen MR) is 72.5 cm³/mol. The lowest BCUT2D eigenvalue weighted by Gasteiger charge is -2.26. The van der Waals surface area contributed by atoms with E-state index in [4.69, 9.17) is 0 Å². The molecule has 1 aromatic carbocycles. The van der Waals surface area contributed by atoms with Crippen molar-refractivity contribution in [1.29, 1.82) is 0 Å². The molecule has 1 saturated heterocycles. The Balaban J connectivity index is 1.69. The molecule has 1 aliphatic heterocycles. The molecule has 0 atom stereocenters. The first kappa shape index (κ1) is 12.6. The van der Waals surface area contributed by atoms with Gasteiger partial charge in [-0.15, -0.1) is 0 Å². The summed E-state index contributed by atoms with van der Waals surface area (Å²) < 4.78 is 0. The first-order valence-electron chi connectivity index (χ1n) is 6.01. The van der Waals surface area contributed by atoms with E-state index >= 15 is 0 Å². The fourth-order valence-electron chi connectivity index (χ4n) is 1.86. The second-order valence-corrected chi connectivity index (χ2v) is 5.16. The zero-order valence-electron chi connectivity index (χ0n) is 9.89. The number of rotatable bonds is 4. The number of hydrogen-bond acceptors (Lipinski definition) is 4. The Morgan fingerprint density at radius 3 is 2.65 bits per heavy atom. The molecule has 1 fully saturated rings. The number of nitrogens with one attached hydrogen (secondary N) is 1. The number of hydrogen-bond donors (Lipinski definition) is 1. The minimum atomic E-state index is 0.181. The molecule has 1 aromatic rings. The smallest absolute Gasteiger partial charge is 0.219 e. The Kier molecular flexibility index (Phi) is 5.04. The molecule has 0 saturated carbocycles. The predicted octanol–water partition coefficient (Wildman–Crippen LogP) is 1.47. The highest BCUT2D eigenvalue weighted by molar-refractivity contribution is 8.14. The zero-order valence-corrected chi connectivity index (χ0v) is 10.7. The molecule has 0 unspecified atom stereocenters. The molecule has 0 bridgehead atoms. The van der Waals surface area contributed by atoms with Crippen LogP contribution in [0, 0.1) is 0 Å². The molecule has 92 valence electrons. The molecule has 1 N–H and O–H groups in total. The van der Waals surface area contributed by atoms with Crippen LogP contribution in [0.1, 0.15) is 10.4 Å². The standard InChI is InChI=1S/C13H18N2OS/c16-13(12-4-2-1-3-5-12)17-11-10-15-8-6-14-7-9-15/h1-5,14H,6-11H2. The van der Waals surface area contributed by atoms with Crippen molar-refractivity contribution < 1.29 is 4.79 Å². The quantitative estimate of drug-likeness (QED) is 0.877. The third-order valence-corrected chi connectivity index (χ3v) is 3.74. The molecular formula is C13H18N2OS. The van der Waals surface area contributed by atoms with Gasteiger partial charge in [-0.1, -0.05) is 42.1 Å². The lowest BCUT2D eigenvalue weighted by Crippen LogP contribution is -2.44. The average molecular weight is 250 g/mol. The van der Waals surface area contributed by atoms with Crippen molar-refractivity contribution in [3.8, 4) is 0 Å². The number of thioether (sulfide) groups is 1. The maximum absolute atomic E-state index is 11.8. The third kappa shape index (κ3) is 4.15. The lowest BCUT2D eigenvalue weighted by molar-refractivity contribution is 0.108. The van der Waals surface area contributed by atoms with E-state index in [0.29, 0.717) is 0 Å². The van der Waals surface area contributed by atoms with E-state index in [1.807, 2.05) is 30.3 Å². The van der Waals surface area contributed by atoms with Gasteiger partial charge in [0, 0.05) is 44.0 Å². The molecule has 1 aliphatic rings. The van der Waals surface area contributed by atoms with Gasteiger partial charge in [-0.3, -0.25) is 9.69 Å². The summed E-state index contributed by atoms with van der Waals surface area (Å²) in [5.74, 6) is 0.883. The van der Waals surface area contributed by atoms with Crippen LogP contribution in [0.4, 0.5) is 0 Å². The lowest BCUT2D eigenvalue weighted by atomic mass is 10.2. The summed E-state index contributed by atoms with van der Waals surface area (Å²) in [4.78, 5) is 14.2. The van der Waals surface area contributed by atoms with Crippen molar-refractivity contribution in [3.05, 3.63) is 35.9 Å². The van der Waals surface area contributed by atoms with Crippen LogP contribution in [-0.2, 0) is 0 Å². The molecule has 17 heavy (non-hydrogen) atoms. The number of carbonyl (C=O) groups excluding carboxylic acids is 1. The van der Waals surface area contributed by atoms with E-state index in [0.717, 1.165) is 44.0 Å². The van der Waals surface area contributed by atoms with Crippen molar-refractivity contribution in [2.75, 3.05) is 38.5 Å². The van der Waals surface area contributed by atoms with Crippen LogP contribution in [0.25, 0.3) is 0 Å². The summed E-state index contributed by atoms with van der Waals surface area (Å²) >= 11 is 1.42. The molecule has 0 amide bonds. The van der Waals surface area contributed by atoms with E-state index in [9.17, 15) is 4.79 Å². The Bertz CT molecular complexity index is 350. The van der Waals surface area contributed by atoms with E-state index in [1.165, 1.54) is 11.8 Å². The van der Waals surface area contributed by atoms with Crippen LogP contribution in [0.3, 0.4) is 0 Å². The summed E-state index contributed by atoms with van der Waals surface area (Å²) in [7, 11) is 0. The molecule has 4 heteroatoms. The van der Waals surface area contributed by atoms with Crippen LogP contribution in [0.2, 0.25) is 0 Å². The second kappa shape index (κ2) is 6.79. The molecule has 3 nitrogen and oxygen atoms in total. The number of carbonyl (C=O) groups is 1. The first-order chi connectivity index (χ1) is 8.36. The highest BCUT2D eigenvalue weighted by Gasteiger charge is 2.10. The Labute approximate surface area is 107 Å². The van der Waals surface area contributed by atoms with Gasteiger partial charge in [-0.2, -0.15) is 0 Å². The van der Waals surface area contributed by atoms with E-state index in [1.54, 1.807) is 0 Å². The highest BCUT2D eigenvalue weighted by atomic mass is 32.2. The molecule has 0 spiro atoms. The van der Waals surface area contributed by atoms with Gasteiger partial charge in [-0.05, 0) is 0 Å². The molecule has 0 radical (unpaired) electrons. The van der Waals surface area contributed by atoms with Gasteiger partial charge in [0.05, 0.1) is 0 Å². The van der Waals surface area contributed by atoms with Gasteiger partial charge in [0.15, 0.2) is 0 Å². The summed E-state index contributed by atoms with van der Waals surface area (Å²) in [6, 6.07) is 9.50. The molecule has 0 aliphatic carbocycles. The van der Waals surface area contributed by atoms with Gasteiger partial charge in [0.2, 0.25) is 5.12 Å².